The van der Waals surface area contributed by atoms with Crippen LogP contribution in [-0.2, 0) is 54.0 Å². The van der Waals surface area contributed by atoms with Crippen molar-refractivity contribution in [1.29, 1.82) is 0 Å². The first kappa shape index (κ1) is 63.8. The minimum Gasteiger partial charge on any atom is -0.495 e. The van der Waals surface area contributed by atoms with Gasteiger partial charge in [-0.15, -0.1) is 0 Å². The Kier molecular flexibility index (Phi) is 24.1. The largest absolute Gasteiger partial charge is 0.495 e. The number of carbonyl (C=O) groups excluding carboxylic acids is 7. The first-order valence-corrected chi connectivity index (χ1v) is 28.9. The molecule has 1 aromatic rings. The van der Waals surface area contributed by atoms with Gasteiger partial charge in [-0.3, -0.25) is 24.5 Å². The fourth-order valence-corrected chi connectivity index (χ4v) is 10.9. The highest BCUT2D eigenvalue weighted by atomic mass is 35.5. The number of carbonyl (C=O) groups is 7. The van der Waals surface area contributed by atoms with Crippen molar-refractivity contribution in [2.45, 2.75) is 133 Å². The Balaban J connectivity index is 1.21. The predicted molar refractivity (Wildman–Crippen MR) is 298 cm³/mol. The van der Waals surface area contributed by atoms with Gasteiger partial charge in [0.15, 0.2) is 5.72 Å². The SMILES string of the molecule is COc1cc2cc(c1Cl)N(C)C(=O)C[C@H](OC(=O)[C@H](C)N(C)C(=O)CCSC(=O)N(C)CCN(C)C(=O)OC1/C=C/CCCCC1OCCNC(=O)CSC)[C@]1(C)O[C@H]1[C@H](C)[C@@H]1C[C@@](O)(NC(=O)O1)[C@H](OC)/C=C/C=C(\C)C2. The summed E-state index contributed by atoms with van der Waals surface area (Å²) in [5, 5.41) is 17.0. The van der Waals surface area contributed by atoms with Gasteiger partial charge in [0.05, 0.1) is 43.8 Å². The lowest BCUT2D eigenvalue weighted by Crippen LogP contribution is -2.63. The number of hydrogen-bond acceptors (Lipinski definition) is 17. The van der Waals surface area contributed by atoms with Crippen LogP contribution in [0, 0.1) is 5.92 Å². The van der Waals surface area contributed by atoms with Crippen molar-refractivity contribution in [2.24, 2.45) is 5.92 Å². The van der Waals surface area contributed by atoms with Crippen LogP contribution in [-0.4, -0.2) is 201 Å². The molecule has 0 saturated carbocycles. The van der Waals surface area contributed by atoms with E-state index in [2.05, 4.69) is 10.6 Å². The van der Waals surface area contributed by atoms with Crippen LogP contribution >= 0.6 is 35.1 Å². The van der Waals surface area contributed by atoms with Crippen LogP contribution in [0.5, 0.6) is 5.75 Å². The summed E-state index contributed by atoms with van der Waals surface area (Å²) in [6.45, 7) is 7.79. The van der Waals surface area contributed by atoms with Crippen molar-refractivity contribution in [3.63, 3.8) is 0 Å². The molecule has 2 saturated heterocycles. The van der Waals surface area contributed by atoms with E-state index in [0.717, 1.165) is 42.2 Å². The molecule has 0 radical (unpaired) electrons. The molecular weight excluding hydrogens is 1070 g/mol. The molecule has 0 aromatic heterocycles. The predicted octanol–water partition coefficient (Wildman–Crippen LogP) is 6.12. The average molecular weight is 1150 g/mol. The van der Waals surface area contributed by atoms with Crippen molar-refractivity contribution >= 4 is 81.9 Å². The Bertz CT molecular complexity index is 2400. The van der Waals surface area contributed by atoms with Crippen LogP contribution in [0.1, 0.15) is 78.2 Å². The summed E-state index contributed by atoms with van der Waals surface area (Å²) in [6.07, 6.45) is 7.72. The normalized spacial score (nSPS) is 28.3. The first-order chi connectivity index (χ1) is 37.0. The van der Waals surface area contributed by atoms with E-state index in [4.69, 9.17) is 44.8 Å². The van der Waals surface area contributed by atoms with E-state index in [0.29, 0.717) is 36.6 Å². The number of aliphatic hydroxyl groups is 1. The van der Waals surface area contributed by atoms with Crippen molar-refractivity contribution < 1.29 is 71.8 Å². The third-order valence-electron chi connectivity index (χ3n) is 14.5. The second-order valence-electron chi connectivity index (χ2n) is 20.4. The Morgan fingerprint density at radius 1 is 1.06 bits per heavy atom. The number of fused-ring (bicyclic) bond motifs is 5. The number of rotatable bonds is 18. The molecule has 4 aliphatic rings. The number of alkyl carbamates (subject to hydrolysis) is 1. The van der Waals surface area contributed by atoms with Gasteiger partial charge in [0, 0.05) is 79.4 Å². The van der Waals surface area contributed by atoms with Crippen LogP contribution in [0.4, 0.5) is 20.1 Å². The summed E-state index contributed by atoms with van der Waals surface area (Å²) >= 11 is 9.17. The maximum atomic E-state index is 14.4. The minimum atomic E-state index is -1.88. The Hall–Kier alpha value is -5.04. The summed E-state index contributed by atoms with van der Waals surface area (Å²) in [4.78, 5) is 98.8. The zero-order chi connectivity index (χ0) is 57.5. The molecule has 78 heavy (non-hydrogen) atoms. The van der Waals surface area contributed by atoms with Gasteiger partial charge in [-0.25, -0.2) is 14.4 Å². The molecule has 3 aliphatic heterocycles. The number of amides is 6. The summed E-state index contributed by atoms with van der Waals surface area (Å²) in [7, 11) is 9.03. The van der Waals surface area contributed by atoms with Crippen LogP contribution in [0.15, 0.2) is 48.1 Å². The van der Waals surface area contributed by atoms with E-state index in [1.165, 1.54) is 59.6 Å². The summed E-state index contributed by atoms with van der Waals surface area (Å²) in [6, 6.07) is 2.39. The lowest BCUT2D eigenvalue weighted by atomic mass is 9.83. The molecule has 1 aliphatic carbocycles. The topological polar surface area (TPSA) is 245 Å². The fourth-order valence-electron chi connectivity index (χ4n) is 9.42. The minimum absolute atomic E-state index is 0.0763. The highest BCUT2D eigenvalue weighted by molar-refractivity contribution is 8.13. The van der Waals surface area contributed by atoms with E-state index < -0.39 is 90.2 Å². The number of epoxide rings is 1. The molecule has 434 valence electrons. The summed E-state index contributed by atoms with van der Waals surface area (Å²) in [5.41, 5.74) is -1.19. The summed E-state index contributed by atoms with van der Waals surface area (Å²) in [5.74, 6) is -1.68. The van der Waals surface area contributed by atoms with E-state index in [1.807, 2.05) is 31.4 Å². The number of thioether (sulfide) groups is 2. The van der Waals surface area contributed by atoms with Crippen LogP contribution in [0.3, 0.4) is 0 Å². The van der Waals surface area contributed by atoms with Gasteiger partial charge in [-0.05, 0) is 76.5 Å². The number of likely N-dealkylation sites (N-methyl/N-ethyl adjacent to an activating group) is 3. The molecule has 0 spiro atoms. The Morgan fingerprint density at radius 3 is 2.50 bits per heavy atom. The molecule has 4 bridgehead atoms. The number of nitrogens with zero attached hydrogens (tertiary/aromatic N) is 4. The zero-order valence-electron chi connectivity index (χ0n) is 46.7. The lowest BCUT2D eigenvalue weighted by Gasteiger charge is -2.42. The summed E-state index contributed by atoms with van der Waals surface area (Å²) < 4.78 is 41.4. The number of benzene rings is 1. The number of methoxy groups -OCH3 is 2. The van der Waals surface area contributed by atoms with Gasteiger partial charge in [-0.2, -0.15) is 11.8 Å². The van der Waals surface area contributed by atoms with Gasteiger partial charge in [0.1, 0.15) is 46.8 Å². The zero-order valence-corrected chi connectivity index (χ0v) is 49.1. The average Bonchev–Trinajstić information content (AvgIpc) is 4.26. The van der Waals surface area contributed by atoms with E-state index in [9.17, 15) is 38.7 Å². The molecule has 3 heterocycles. The number of anilines is 1. The van der Waals surface area contributed by atoms with Gasteiger partial charge in [0.25, 0.3) is 5.24 Å². The molecule has 3 N–H and O–H groups in total. The molecule has 1 aromatic carbocycles. The highest BCUT2D eigenvalue weighted by Crippen LogP contribution is 2.49. The molecule has 21 nitrogen and oxygen atoms in total. The van der Waals surface area contributed by atoms with Crippen molar-refractivity contribution in [1.82, 2.24) is 25.3 Å². The number of halogens is 1. The van der Waals surface area contributed by atoms with Crippen molar-refractivity contribution in [2.75, 3.05) is 91.3 Å². The molecule has 2 fully saturated rings. The molecule has 24 heteroatoms. The fraction of sp³-hybridized carbons (Fsp3) is 0.648. The Labute approximate surface area is 471 Å². The number of nitrogens with one attached hydrogen (secondary N) is 2. The van der Waals surface area contributed by atoms with Crippen LogP contribution in [0.25, 0.3) is 0 Å². The van der Waals surface area contributed by atoms with Crippen molar-refractivity contribution in [3.05, 3.63) is 58.7 Å². The van der Waals surface area contributed by atoms with Crippen molar-refractivity contribution in [3.8, 4) is 5.75 Å². The maximum Gasteiger partial charge on any atom is 0.410 e. The van der Waals surface area contributed by atoms with Crippen LogP contribution in [0.2, 0.25) is 5.02 Å². The third-order valence-corrected chi connectivity index (χ3v) is 16.4. The number of ether oxygens (including phenoxy) is 7. The van der Waals surface area contributed by atoms with Crippen LogP contribution < -0.4 is 20.3 Å². The highest BCUT2D eigenvalue weighted by Gasteiger charge is 2.64. The van der Waals surface area contributed by atoms with Gasteiger partial charge >= 0.3 is 18.2 Å². The second kappa shape index (κ2) is 29.4. The number of allylic oxidation sites excluding steroid dienone is 4. The van der Waals surface area contributed by atoms with E-state index in [-0.39, 0.29) is 60.6 Å². The van der Waals surface area contributed by atoms with Gasteiger partial charge in [-0.1, -0.05) is 66.6 Å². The van der Waals surface area contributed by atoms with E-state index >= 15 is 0 Å². The molecule has 5 rings (SSSR count). The number of esters is 1. The molecular formula is C54H79ClN6O15S2. The lowest BCUT2D eigenvalue weighted by molar-refractivity contribution is -0.162. The molecule has 6 amide bonds. The van der Waals surface area contributed by atoms with Gasteiger partial charge in [0.2, 0.25) is 17.7 Å². The molecule has 10 atom stereocenters. The van der Waals surface area contributed by atoms with Gasteiger partial charge < -0.3 is 63.2 Å². The second-order valence-corrected chi connectivity index (χ2v) is 22.7. The standard InChI is InChI=1S/C54H79ClN6O15S2/c1-33-17-16-20-42(71-10)54(69)31-41(73-50(66)57-54)34(2)48-53(4,76-48)43(30-46(64)61(8)37-28-36(27-33)29-40(70-9)47(37)55)75-49(65)35(3)60(7)45(63)21-26-78-52(68)59(6)24-23-58(5)51(67)74-39-19-15-13-12-14-18-38(39)72-25-22-56-44(62)32-77-11/h15-17,19-20,28-29,34-35,38-39,41-43,48,69H,12-14,18,21-27,30-32H2,1-11H3,(H,56,62)(H,57,66)/b19-15+,20-16+,33-17+/t34-,35+,38?,39?,41+,42-,43+,48+,53+,54+/m1/s1. The maximum absolute atomic E-state index is 14.4. The third kappa shape index (κ3) is 17.2. The monoisotopic (exact) mass is 1150 g/mol. The first-order valence-electron chi connectivity index (χ1n) is 26.1. The number of hydrogen-bond donors (Lipinski definition) is 3. The van der Waals surface area contributed by atoms with E-state index in [1.54, 1.807) is 59.3 Å². The Morgan fingerprint density at radius 2 is 1.79 bits per heavy atom. The smallest absolute Gasteiger partial charge is 0.410 e. The quantitative estimate of drug-likeness (QED) is 0.0493. The molecule has 2 unspecified atom stereocenters.